The van der Waals surface area contributed by atoms with Crippen molar-refractivity contribution >= 4 is 17.2 Å². The molecule has 0 saturated heterocycles. The molecule has 1 amide bonds. The molecule has 3 rings (SSSR count). The third kappa shape index (κ3) is 4.89. The number of halogens is 2. The standard InChI is InChI=1S/C21H20F2N2O3S/c1-4-25(2)21(26)17-12-29-20(24-17)14-5-6-18(19(9-14)27-3)28-11-13-7-15(22)10-16(23)8-13/h5-10,12H,4,11H2,1-3H3. The number of ether oxygens (including phenoxy) is 2. The van der Waals surface area contributed by atoms with Crippen LogP contribution in [0.1, 0.15) is 23.0 Å². The zero-order valence-corrected chi connectivity index (χ0v) is 17.1. The number of hydrogen-bond acceptors (Lipinski definition) is 5. The van der Waals surface area contributed by atoms with Gasteiger partial charge in [-0.25, -0.2) is 13.8 Å². The fourth-order valence-electron chi connectivity index (χ4n) is 2.62. The van der Waals surface area contributed by atoms with Crippen LogP contribution in [0.5, 0.6) is 11.5 Å². The van der Waals surface area contributed by atoms with Crippen molar-refractivity contribution in [3.63, 3.8) is 0 Å². The Morgan fingerprint density at radius 1 is 1.14 bits per heavy atom. The van der Waals surface area contributed by atoms with Crippen molar-refractivity contribution in [2.75, 3.05) is 20.7 Å². The van der Waals surface area contributed by atoms with Crippen molar-refractivity contribution in [2.24, 2.45) is 0 Å². The van der Waals surface area contributed by atoms with E-state index in [2.05, 4.69) is 4.98 Å². The molecular formula is C21H20F2N2O3S. The molecular weight excluding hydrogens is 398 g/mol. The van der Waals surface area contributed by atoms with Gasteiger partial charge >= 0.3 is 0 Å². The van der Waals surface area contributed by atoms with Crippen LogP contribution in [0.2, 0.25) is 0 Å². The van der Waals surface area contributed by atoms with Gasteiger partial charge in [0.15, 0.2) is 11.5 Å². The molecule has 0 aliphatic rings. The molecule has 0 aliphatic heterocycles. The van der Waals surface area contributed by atoms with E-state index in [1.807, 2.05) is 6.92 Å². The Balaban J connectivity index is 1.78. The van der Waals surface area contributed by atoms with E-state index in [-0.39, 0.29) is 12.5 Å². The molecule has 0 aliphatic carbocycles. The first-order chi connectivity index (χ1) is 13.9. The van der Waals surface area contributed by atoms with Crippen molar-refractivity contribution in [1.82, 2.24) is 9.88 Å². The smallest absolute Gasteiger partial charge is 0.273 e. The summed E-state index contributed by atoms with van der Waals surface area (Å²) in [6.45, 7) is 2.48. The predicted molar refractivity (Wildman–Crippen MR) is 107 cm³/mol. The second-order valence-corrected chi connectivity index (χ2v) is 7.15. The first-order valence-electron chi connectivity index (χ1n) is 8.88. The Hall–Kier alpha value is -3.00. The number of nitrogens with zero attached hydrogens (tertiary/aromatic N) is 2. The van der Waals surface area contributed by atoms with Gasteiger partial charge in [0.25, 0.3) is 5.91 Å². The summed E-state index contributed by atoms with van der Waals surface area (Å²) in [7, 11) is 3.22. The highest BCUT2D eigenvalue weighted by Crippen LogP contribution is 2.34. The van der Waals surface area contributed by atoms with Crippen molar-refractivity contribution in [3.05, 3.63) is 64.7 Å². The largest absolute Gasteiger partial charge is 0.493 e. The highest BCUT2D eigenvalue weighted by Gasteiger charge is 2.16. The summed E-state index contributed by atoms with van der Waals surface area (Å²) in [4.78, 5) is 18.2. The van der Waals surface area contributed by atoms with E-state index in [4.69, 9.17) is 9.47 Å². The van der Waals surface area contributed by atoms with Gasteiger partial charge in [0.05, 0.1) is 7.11 Å². The molecule has 0 fully saturated rings. The Labute approximate surface area is 171 Å². The molecule has 3 aromatic rings. The van der Waals surface area contributed by atoms with E-state index in [1.165, 1.54) is 30.6 Å². The maximum absolute atomic E-state index is 13.3. The predicted octanol–water partition coefficient (Wildman–Crippen LogP) is 4.77. The van der Waals surface area contributed by atoms with Crippen LogP contribution in [0.3, 0.4) is 0 Å². The summed E-state index contributed by atoms with van der Waals surface area (Å²) in [5, 5.41) is 2.40. The Bertz CT molecular complexity index is 1000. The Morgan fingerprint density at radius 2 is 1.86 bits per heavy atom. The summed E-state index contributed by atoms with van der Waals surface area (Å²) in [5.74, 6) is -0.570. The molecule has 8 heteroatoms. The highest BCUT2D eigenvalue weighted by atomic mass is 32.1. The molecule has 0 radical (unpaired) electrons. The van der Waals surface area contributed by atoms with Crippen molar-refractivity contribution in [3.8, 4) is 22.1 Å². The minimum atomic E-state index is -0.659. The van der Waals surface area contributed by atoms with Crippen LogP contribution in [0.15, 0.2) is 41.8 Å². The van der Waals surface area contributed by atoms with E-state index in [9.17, 15) is 13.6 Å². The van der Waals surface area contributed by atoms with Crippen molar-refractivity contribution in [2.45, 2.75) is 13.5 Å². The van der Waals surface area contributed by atoms with Crippen molar-refractivity contribution < 1.29 is 23.0 Å². The lowest BCUT2D eigenvalue weighted by Gasteiger charge is -2.12. The zero-order valence-electron chi connectivity index (χ0n) is 16.2. The monoisotopic (exact) mass is 418 g/mol. The molecule has 29 heavy (non-hydrogen) atoms. The molecule has 0 bridgehead atoms. The first-order valence-corrected chi connectivity index (χ1v) is 9.76. The normalized spacial score (nSPS) is 10.7. The second kappa shape index (κ2) is 9.00. The van der Waals surface area contributed by atoms with E-state index in [0.717, 1.165) is 11.6 Å². The molecule has 1 heterocycles. The summed E-state index contributed by atoms with van der Waals surface area (Å²) < 4.78 is 37.7. The SMILES string of the molecule is CCN(C)C(=O)c1csc(-c2ccc(OCc3cc(F)cc(F)c3)c(OC)c2)n1. The number of methoxy groups -OCH3 is 1. The molecule has 2 aromatic carbocycles. The number of rotatable bonds is 7. The van der Waals surface area contributed by atoms with Gasteiger partial charge < -0.3 is 14.4 Å². The summed E-state index contributed by atoms with van der Waals surface area (Å²) in [6.07, 6.45) is 0. The topological polar surface area (TPSA) is 51.7 Å². The fraction of sp³-hybridized carbons (Fsp3) is 0.238. The van der Waals surface area contributed by atoms with Gasteiger partial charge in [-0.15, -0.1) is 11.3 Å². The summed E-state index contributed by atoms with van der Waals surface area (Å²) in [6, 6.07) is 8.48. The minimum Gasteiger partial charge on any atom is -0.493 e. The molecule has 0 atom stereocenters. The van der Waals surface area contributed by atoms with Gasteiger partial charge in [-0.2, -0.15) is 0 Å². The van der Waals surface area contributed by atoms with Crippen LogP contribution in [0.4, 0.5) is 8.78 Å². The van der Waals surface area contributed by atoms with Crippen molar-refractivity contribution in [1.29, 1.82) is 0 Å². The number of carbonyl (C=O) groups excluding carboxylic acids is 1. The molecule has 0 saturated carbocycles. The number of benzene rings is 2. The van der Waals surface area contributed by atoms with Crippen LogP contribution in [-0.2, 0) is 6.61 Å². The van der Waals surface area contributed by atoms with Crippen LogP contribution in [-0.4, -0.2) is 36.5 Å². The minimum absolute atomic E-state index is 0.0103. The van der Waals surface area contributed by atoms with Crippen LogP contribution in [0.25, 0.3) is 10.6 Å². The Kier molecular flexibility index (Phi) is 6.43. The van der Waals surface area contributed by atoms with Gasteiger partial charge in [0, 0.05) is 30.6 Å². The Morgan fingerprint density at radius 3 is 2.52 bits per heavy atom. The summed E-state index contributed by atoms with van der Waals surface area (Å²) in [5.41, 5.74) is 1.53. The average Bonchev–Trinajstić information content (AvgIpc) is 3.20. The van der Waals surface area contributed by atoms with E-state index in [0.29, 0.717) is 34.3 Å². The number of aromatic nitrogens is 1. The molecule has 0 spiro atoms. The van der Waals surface area contributed by atoms with E-state index >= 15 is 0 Å². The highest BCUT2D eigenvalue weighted by molar-refractivity contribution is 7.13. The summed E-state index contributed by atoms with van der Waals surface area (Å²) >= 11 is 1.36. The first kappa shape index (κ1) is 20.7. The number of thiazole rings is 1. The lowest BCUT2D eigenvalue weighted by Crippen LogP contribution is -2.26. The fourth-order valence-corrected chi connectivity index (χ4v) is 3.41. The molecule has 1 aromatic heterocycles. The number of carbonyl (C=O) groups is 1. The van der Waals surface area contributed by atoms with E-state index in [1.54, 1.807) is 35.5 Å². The maximum Gasteiger partial charge on any atom is 0.273 e. The van der Waals surface area contributed by atoms with Gasteiger partial charge in [-0.3, -0.25) is 4.79 Å². The van der Waals surface area contributed by atoms with Gasteiger partial charge in [-0.05, 0) is 42.8 Å². The average molecular weight is 418 g/mol. The number of amides is 1. The van der Waals surface area contributed by atoms with Gasteiger partial charge in [-0.1, -0.05) is 0 Å². The van der Waals surface area contributed by atoms with Gasteiger partial charge in [0.1, 0.15) is 28.9 Å². The third-order valence-electron chi connectivity index (χ3n) is 4.27. The quantitative estimate of drug-likeness (QED) is 0.555. The van der Waals surface area contributed by atoms with Crippen LogP contribution < -0.4 is 9.47 Å². The lowest BCUT2D eigenvalue weighted by atomic mass is 10.2. The number of hydrogen-bond donors (Lipinski definition) is 0. The molecule has 0 N–H and O–H groups in total. The third-order valence-corrected chi connectivity index (χ3v) is 5.16. The van der Waals surface area contributed by atoms with Crippen LogP contribution in [0, 0.1) is 11.6 Å². The molecule has 0 unspecified atom stereocenters. The molecule has 5 nitrogen and oxygen atoms in total. The van der Waals surface area contributed by atoms with Crippen LogP contribution >= 0.6 is 11.3 Å². The lowest BCUT2D eigenvalue weighted by molar-refractivity contribution is 0.0797. The van der Waals surface area contributed by atoms with Gasteiger partial charge in [0.2, 0.25) is 0 Å². The molecule has 152 valence electrons. The zero-order chi connectivity index (χ0) is 21.0. The van der Waals surface area contributed by atoms with E-state index < -0.39 is 11.6 Å². The maximum atomic E-state index is 13.3. The second-order valence-electron chi connectivity index (χ2n) is 6.29.